The minimum absolute atomic E-state index is 0.241. The molecule has 29 heavy (non-hydrogen) atoms. The van der Waals surface area contributed by atoms with E-state index in [1.54, 1.807) is 32.4 Å². The van der Waals surface area contributed by atoms with Gasteiger partial charge < -0.3 is 24.8 Å². The Morgan fingerprint density at radius 1 is 1.14 bits per heavy atom. The van der Waals surface area contributed by atoms with E-state index in [4.69, 9.17) is 9.47 Å². The highest BCUT2D eigenvalue weighted by atomic mass is 16.5. The Bertz CT molecular complexity index is 912. The van der Waals surface area contributed by atoms with Gasteiger partial charge in [-0.1, -0.05) is 19.1 Å². The summed E-state index contributed by atoms with van der Waals surface area (Å²) < 4.78 is 10.5. The van der Waals surface area contributed by atoms with Gasteiger partial charge in [0, 0.05) is 29.8 Å². The highest BCUT2D eigenvalue weighted by molar-refractivity contribution is 6.02. The van der Waals surface area contributed by atoms with Crippen LogP contribution in [0.2, 0.25) is 0 Å². The number of rotatable bonds is 8. The van der Waals surface area contributed by atoms with Gasteiger partial charge in [-0.3, -0.25) is 9.59 Å². The molecule has 0 aliphatic carbocycles. The van der Waals surface area contributed by atoms with Gasteiger partial charge in [-0.25, -0.2) is 0 Å². The van der Waals surface area contributed by atoms with E-state index in [0.29, 0.717) is 47.7 Å². The van der Waals surface area contributed by atoms with Crippen LogP contribution in [0.5, 0.6) is 11.5 Å². The zero-order chi connectivity index (χ0) is 21.0. The monoisotopic (exact) mass is 398 g/mol. The van der Waals surface area contributed by atoms with Crippen LogP contribution < -0.4 is 14.8 Å². The van der Waals surface area contributed by atoms with E-state index in [9.17, 15) is 14.7 Å². The number of amides is 2. The second kappa shape index (κ2) is 8.96. The average Bonchev–Trinajstić information content (AvgIpc) is 2.98. The number of benzene rings is 2. The Labute approximate surface area is 170 Å². The van der Waals surface area contributed by atoms with Crippen LogP contribution >= 0.6 is 0 Å². The second-order valence-corrected chi connectivity index (χ2v) is 6.87. The van der Waals surface area contributed by atoms with Crippen LogP contribution in [-0.4, -0.2) is 49.1 Å². The van der Waals surface area contributed by atoms with Crippen molar-refractivity contribution in [3.63, 3.8) is 0 Å². The summed E-state index contributed by atoms with van der Waals surface area (Å²) in [6, 6.07) is 10.5. The maximum absolute atomic E-state index is 12.5. The molecule has 7 heteroatoms. The van der Waals surface area contributed by atoms with Crippen LogP contribution in [0.4, 0.5) is 0 Å². The van der Waals surface area contributed by atoms with Crippen LogP contribution in [0, 0.1) is 0 Å². The van der Waals surface area contributed by atoms with Gasteiger partial charge in [0.1, 0.15) is 0 Å². The molecule has 154 valence electrons. The first-order valence-corrected chi connectivity index (χ1v) is 9.62. The zero-order valence-electron chi connectivity index (χ0n) is 16.9. The molecule has 1 aliphatic rings. The Hall–Kier alpha value is -3.06. The Morgan fingerprint density at radius 2 is 1.90 bits per heavy atom. The largest absolute Gasteiger partial charge is 0.493 e. The van der Waals surface area contributed by atoms with Gasteiger partial charge in [0.05, 0.1) is 14.2 Å². The van der Waals surface area contributed by atoms with E-state index in [2.05, 4.69) is 5.32 Å². The van der Waals surface area contributed by atoms with Crippen molar-refractivity contribution in [2.45, 2.75) is 26.0 Å². The second-order valence-electron chi connectivity index (χ2n) is 6.87. The number of ether oxygens (including phenoxy) is 2. The van der Waals surface area contributed by atoms with Crippen molar-refractivity contribution in [3.05, 3.63) is 58.7 Å². The Kier molecular flexibility index (Phi) is 6.39. The smallest absolute Gasteiger partial charge is 0.256 e. The summed E-state index contributed by atoms with van der Waals surface area (Å²) in [5.41, 5.74) is 2.34. The maximum atomic E-state index is 12.5. The standard InChI is InChI=1S/C22H26N2O5/c1-4-11-24-21(26)16-7-6-15(13-17(16)22(24)27)20(25)23-10-9-14-5-8-18(28-2)19(12-14)29-3/h5-8,12-13,21,26H,4,9-11H2,1-3H3,(H,23,25). The zero-order valence-corrected chi connectivity index (χ0v) is 16.9. The predicted octanol–water partition coefficient (Wildman–Crippen LogP) is 2.53. The Balaban J connectivity index is 1.63. The maximum Gasteiger partial charge on any atom is 0.256 e. The first kappa shape index (κ1) is 20.7. The van der Waals surface area contributed by atoms with Crippen molar-refractivity contribution < 1.29 is 24.2 Å². The molecule has 1 atom stereocenters. The first-order valence-electron chi connectivity index (χ1n) is 9.62. The lowest BCUT2D eigenvalue weighted by Crippen LogP contribution is -2.28. The third-order valence-electron chi connectivity index (χ3n) is 4.99. The van der Waals surface area contributed by atoms with Gasteiger partial charge in [0.15, 0.2) is 17.7 Å². The fourth-order valence-electron chi connectivity index (χ4n) is 3.46. The summed E-state index contributed by atoms with van der Waals surface area (Å²) >= 11 is 0. The van der Waals surface area contributed by atoms with Gasteiger partial charge in [-0.15, -0.1) is 0 Å². The predicted molar refractivity (Wildman–Crippen MR) is 108 cm³/mol. The van der Waals surface area contributed by atoms with Gasteiger partial charge in [-0.2, -0.15) is 0 Å². The van der Waals surface area contributed by atoms with Crippen LogP contribution in [0.15, 0.2) is 36.4 Å². The number of fused-ring (bicyclic) bond motifs is 1. The number of aliphatic hydroxyl groups is 1. The molecule has 0 saturated carbocycles. The molecule has 2 N–H and O–H groups in total. The number of hydrogen-bond acceptors (Lipinski definition) is 5. The minimum atomic E-state index is -0.945. The number of methoxy groups -OCH3 is 2. The summed E-state index contributed by atoms with van der Waals surface area (Å²) in [6.45, 7) is 2.85. The molecule has 1 heterocycles. The topological polar surface area (TPSA) is 88.1 Å². The molecule has 7 nitrogen and oxygen atoms in total. The Morgan fingerprint density at radius 3 is 2.59 bits per heavy atom. The minimum Gasteiger partial charge on any atom is -0.493 e. The number of carbonyl (C=O) groups excluding carboxylic acids is 2. The third-order valence-corrected chi connectivity index (χ3v) is 4.99. The highest BCUT2D eigenvalue weighted by Crippen LogP contribution is 2.32. The fourth-order valence-corrected chi connectivity index (χ4v) is 3.46. The molecule has 2 amide bonds. The normalized spacial score (nSPS) is 15.2. The van der Waals surface area contributed by atoms with Gasteiger partial charge >= 0.3 is 0 Å². The number of nitrogens with zero attached hydrogens (tertiary/aromatic N) is 1. The first-order chi connectivity index (χ1) is 14.0. The summed E-state index contributed by atoms with van der Waals surface area (Å²) in [7, 11) is 3.16. The van der Waals surface area contributed by atoms with Crippen LogP contribution in [0.1, 0.15) is 51.4 Å². The average molecular weight is 398 g/mol. The molecule has 0 radical (unpaired) electrons. The molecule has 2 aromatic carbocycles. The molecule has 0 fully saturated rings. The lowest BCUT2D eigenvalue weighted by molar-refractivity contribution is 0.0177. The summed E-state index contributed by atoms with van der Waals surface area (Å²) in [6.07, 6.45) is 0.429. The molecular formula is C22H26N2O5. The summed E-state index contributed by atoms with van der Waals surface area (Å²) in [4.78, 5) is 26.4. The SMILES string of the molecule is CCCN1C(=O)c2cc(C(=O)NCCc3ccc(OC)c(OC)c3)ccc2C1O. The van der Waals surface area contributed by atoms with Crippen molar-refractivity contribution >= 4 is 11.8 Å². The van der Waals surface area contributed by atoms with Crippen molar-refractivity contribution in [3.8, 4) is 11.5 Å². The molecule has 3 rings (SSSR count). The number of aliphatic hydroxyl groups excluding tert-OH is 1. The molecule has 1 unspecified atom stereocenters. The molecule has 0 bridgehead atoms. The van der Waals surface area contributed by atoms with E-state index in [1.165, 1.54) is 4.90 Å². The lowest BCUT2D eigenvalue weighted by Gasteiger charge is -2.19. The van der Waals surface area contributed by atoms with Crippen LogP contribution in [0.3, 0.4) is 0 Å². The van der Waals surface area contributed by atoms with Crippen LogP contribution in [0.25, 0.3) is 0 Å². The lowest BCUT2D eigenvalue weighted by atomic mass is 10.0. The molecular weight excluding hydrogens is 372 g/mol. The van der Waals surface area contributed by atoms with E-state index >= 15 is 0 Å². The summed E-state index contributed by atoms with van der Waals surface area (Å²) in [5, 5.41) is 13.2. The van der Waals surface area contributed by atoms with Gasteiger partial charge in [-0.05, 0) is 42.7 Å². The van der Waals surface area contributed by atoms with E-state index < -0.39 is 6.23 Å². The highest BCUT2D eigenvalue weighted by Gasteiger charge is 2.35. The fraction of sp³-hybridized carbons (Fsp3) is 0.364. The van der Waals surface area contributed by atoms with Crippen molar-refractivity contribution in [1.82, 2.24) is 10.2 Å². The number of carbonyl (C=O) groups is 2. The molecule has 1 aliphatic heterocycles. The van der Waals surface area contributed by atoms with Crippen molar-refractivity contribution in [2.24, 2.45) is 0 Å². The van der Waals surface area contributed by atoms with E-state index in [1.807, 2.05) is 25.1 Å². The molecule has 0 saturated heterocycles. The van der Waals surface area contributed by atoms with E-state index in [0.717, 1.165) is 12.0 Å². The van der Waals surface area contributed by atoms with Gasteiger partial charge in [0.25, 0.3) is 11.8 Å². The molecule has 0 aromatic heterocycles. The number of hydrogen-bond donors (Lipinski definition) is 2. The number of nitrogens with one attached hydrogen (secondary N) is 1. The van der Waals surface area contributed by atoms with Crippen LogP contribution in [-0.2, 0) is 6.42 Å². The summed E-state index contributed by atoms with van der Waals surface area (Å²) in [5.74, 6) is 0.796. The van der Waals surface area contributed by atoms with Crippen molar-refractivity contribution in [1.29, 1.82) is 0 Å². The molecule has 0 spiro atoms. The van der Waals surface area contributed by atoms with Gasteiger partial charge in [0.2, 0.25) is 0 Å². The third kappa shape index (κ3) is 4.19. The van der Waals surface area contributed by atoms with E-state index in [-0.39, 0.29) is 11.8 Å². The quantitative estimate of drug-likeness (QED) is 0.713. The molecule has 2 aromatic rings. The van der Waals surface area contributed by atoms with Crippen molar-refractivity contribution in [2.75, 3.05) is 27.3 Å².